The van der Waals surface area contributed by atoms with Crippen LogP contribution in [-0.4, -0.2) is 12.7 Å². The van der Waals surface area contributed by atoms with Gasteiger partial charge in [0.15, 0.2) is 18.2 Å². The first-order chi connectivity index (χ1) is 17.2. The van der Waals surface area contributed by atoms with E-state index >= 15 is 0 Å². The van der Waals surface area contributed by atoms with Crippen LogP contribution in [0.5, 0.6) is 11.5 Å². The summed E-state index contributed by atoms with van der Waals surface area (Å²) < 4.78 is 145. The third-order valence-corrected chi connectivity index (χ3v) is 5.10. The van der Waals surface area contributed by atoms with Gasteiger partial charge in [0.05, 0.1) is 5.56 Å². The van der Waals surface area contributed by atoms with Gasteiger partial charge in [-0.05, 0) is 48.2 Å². The largest absolute Gasteiger partial charge is 0.480 e. The zero-order valence-corrected chi connectivity index (χ0v) is 19.0. The minimum absolute atomic E-state index is 0.0915. The van der Waals surface area contributed by atoms with Crippen molar-refractivity contribution in [1.29, 1.82) is 0 Å². The number of ether oxygens (including phenoxy) is 2. The second-order valence-corrected chi connectivity index (χ2v) is 7.97. The topological polar surface area (TPSA) is 18.5 Å². The molecule has 37 heavy (non-hydrogen) atoms. The van der Waals surface area contributed by atoms with Crippen LogP contribution >= 0.6 is 0 Å². The molecule has 0 unspecified atom stereocenters. The van der Waals surface area contributed by atoms with Crippen LogP contribution in [-0.2, 0) is 12.6 Å². The Balaban J connectivity index is 1.74. The molecule has 3 aromatic carbocycles. The van der Waals surface area contributed by atoms with Crippen molar-refractivity contribution in [2.75, 3.05) is 6.61 Å². The number of alkyl halides is 5. The molecule has 2 nitrogen and oxygen atoms in total. The number of unbranched alkanes of at least 4 members (excludes halogenated alkanes) is 1. The van der Waals surface area contributed by atoms with Gasteiger partial charge in [-0.3, -0.25) is 0 Å². The first-order valence-corrected chi connectivity index (χ1v) is 10.8. The van der Waals surface area contributed by atoms with Crippen molar-refractivity contribution in [1.82, 2.24) is 0 Å². The van der Waals surface area contributed by atoms with E-state index in [1.54, 1.807) is 0 Å². The van der Waals surface area contributed by atoms with Crippen molar-refractivity contribution in [3.8, 4) is 22.6 Å². The van der Waals surface area contributed by atoms with Crippen molar-refractivity contribution in [2.24, 2.45) is 0 Å². The van der Waals surface area contributed by atoms with Crippen LogP contribution < -0.4 is 9.47 Å². The van der Waals surface area contributed by atoms with Gasteiger partial charge < -0.3 is 9.47 Å². The monoisotopic (exact) mass is 540 g/mol. The molecular weight excluding hydrogens is 522 g/mol. The van der Waals surface area contributed by atoms with E-state index in [0.29, 0.717) is 24.5 Å². The summed E-state index contributed by atoms with van der Waals surface area (Å²) in [5, 5.41) is 0. The fourth-order valence-electron chi connectivity index (χ4n) is 3.44. The summed E-state index contributed by atoms with van der Waals surface area (Å²) in [5.74, 6) is -9.59. The van der Waals surface area contributed by atoms with E-state index in [0.717, 1.165) is 30.7 Å². The Morgan fingerprint density at radius 2 is 1.32 bits per heavy atom. The van der Waals surface area contributed by atoms with Crippen LogP contribution in [0.1, 0.15) is 30.9 Å². The summed E-state index contributed by atoms with van der Waals surface area (Å²) in [6, 6.07) is 4.54. The molecule has 3 aromatic rings. The predicted octanol–water partition coefficient (Wildman–Crippen LogP) is 8.46. The zero-order chi connectivity index (χ0) is 27.5. The molecule has 0 atom stereocenters. The van der Waals surface area contributed by atoms with Crippen molar-refractivity contribution in [3.63, 3.8) is 0 Å². The van der Waals surface area contributed by atoms with Gasteiger partial charge in [-0.2, -0.15) is 22.0 Å². The molecule has 0 N–H and O–H groups in total. The lowest BCUT2D eigenvalue weighted by Gasteiger charge is -2.20. The minimum Gasteiger partial charge on any atom is -0.480 e. The van der Waals surface area contributed by atoms with Gasteiger partial charge >= 0.3 is 12.3 Å². The molecule has 0 saturated heterocycles. The van der Waals surface area contributed by atoms with Crippen LogP contribution in [0.2, 0.25) is 0 Å². The maximum Gasteiger partial charge on any atom is 0.433 e. The van der Waals surface area contributed by atoms with Crippen LogP contribution in [0.25, 0.3) is 11.1 Å². The Morgan fingerprint density at radius 1 is 0.730 bits per heavy atom. The molecule has 0 heterocycles. The van der Waals surface area contributed by atoms with Crippen LogP contribution in [0.15, 0.2) is 42.5 Å². The fraction of sp³-hybridized carbons (Fsp3) is 0.280. The SMILES string of the molecule is CCCCc1cc(F)c(-c2ccc(OCC(F)(F)Oc3cc(F)c(C(F)(F)F)c(F)c3)c(F)c2)c(F)c1. The van der Waals surface area contributed by atoms with E-state index in [2.05, 4.69) is 9.47 Å². The number of halogens is 10. The van der Waals surface area contributed by atoms with Gasteiger partial charge in [0, 0.05) is 12.1 Å². The molecular formula is C25H18F10O2. The molecule has 0 aromatic heterocycles. The minimum atomic E-state index is -5.41. The third kappa shape index (κ3) is 6.86. The second kappa shape index (κ2) is 10.9. The summed E-state index contributed by atoms with van der Waals surface area (Å²) >= 11 is 0. The second-order valence-electron chi connectivity index (χ2n) is 7.97. The molecule has 0 radical (unpaired) electrons. The average Bonchev–Trinajstić information content (AvgIpc) is 2.74. The molecule has 0 aliphatic heterocycles. The highest BCUT2D eigenvalue weighted by Crippen LogP contribution is 2.37. The molecule has 0 amide bonds. The lowest BCUT2D eigenvalue weighted by molar-refractivity contribution is -0.196. The van der Waals surface area contributed by atoms with Gasteiger partial charge in [-0.1, -0.05) is 19.4 Å². The summed E-state index contributed by atoms with van der Waals surface area (Å²) in [7, 11) is 0. The first-order valence-electron chi connectivity index (χ1n) is 10.8. The standard InChI is InChI=1S/C25H18F10O2/c1-2-3-4-13-7-17(27)22(18(28)8-13)14-5-6-21(16(26)9-14)36-12-24(31,32)37-15-10-19(29)23(20(30)11-15)25(33,34)35/h5-11H,2-4,12H2,1H3. The molecule has 3 rings (SSSR count). The van der Waals surface area contributed by atoms with Crippen molar-refractivity contribution in [3.05, 3.63) is 82.7 Å². The molecule has 12 heteroatoms. The summed E-state index contributed by atoms with van der Waals surface area (Å²) in [5.41, 5.74) is -2.65. The molecule has 0 bridgehead atoms. The van der Waals surface area contributed by atoms with Gasteiger partial charge in [0.2, 0.25) is 0 Å². The summed E-state index contributed by atoms with van der Waals surface area (Å²) in [6.07, 6.45) is -7.83. The van der Waals surface area contributed by atoms with Crippen molar-refractivity contribution < 1.29 is 53.4 Å². The molecule has 0 aliphatic rings. The average molecular weight is 540 g/mol. The number of hydrogen-bond acceptors (Lipinski definition) is 2. The van der Waals surface area contributed by atoms with Gasteiger partial charge in [-0.15, -0.1) is 0 Å². The predicted molar refractivity (Wildman–Crippen MR) is 113 cm³/mol. The van der Waals surface area contributed by atoms with E-state index in [1.807, 2.05) is 6.92 Å². The van der Waals surface area contributed by atoms with E-state index in [9.17, 15) is 43.9 Å². The lowest BCUT2D eigenvalue weighted by Crippen LogP contribution is -2.32. The highest BCUT2D eigenvalue weighted by Gasteiger charge is 2.39. The quantitative estimate of drug-likeness (QED) is 0.254. The number of hydrogen-bond donors (Lipinski definition) is 0. The zero-order valence-electron chi connectivity index (χ0n) is 19.0. The maximum absolute atomic E-state index is 14.5. The Kier molecular flexibility index (Phi) is 8.28. The number of rotatable bonds is 9. The Labute approximate surface area is 204 Å². The normalized spacial score (nSPS) is 12.1. The number of benzene rings is 3. The van der Waals surface area contributed by atoms with E-state index in [4.69, 9.17) is 0 Å². The van der Waals surface area contributed by atoms with Crippen molar-refractivity contribution in [2.45, 2.75) is 38.5 Å². The Morgan fingerprint density at radius 3 is 1.84 bits per heavy atom. The van der Waals surface area contributed by atoms with Gasteiger partial charge in [0.1, 0.15) is 34.6 Å². The smallest absolute Gasteiger partial charge is 0.433 e. The number of aryl methyl sites for hydroxylation is 1. The highest BCUT2D eigenvalue weighted by atomic mass is 19.4. The fourth-order valence-corrected chi connectivity index (χ4v) is 3.44. The van der Waals surface area contributed by atoms with Gasteiger partial charge in [-0.25, -0.2) is 22.0 Å². The highest BCUT2D eigenvalue weighted by molar-refractivity contribution is 5.66. The van der Waals surface area contributed by atoms with Gasteiger partial charge in [0.25, 0.3) is 0 Å². The summed E-state index contributed by atoms with van der Waals surface area (Å²) in [4.78, 5) is 0. The lowest BCUT2D eigenvalue weighted by atomic mass is 10.00. The summed E-state index contributed by atoms with van der Waals surface area (Å²) in [6.45, 7) is 0.187. The van der Waals surface area contributed by atoms with E-state index in [-0.39, 0.29) is 17.7 Å². The molecule has 0 fully saturated rings. The maximum atomic E-state index is 14.5. The van der Waals surface area contributed by atoms with E-state index < -0.39 is 70.6 Å². The molecule has 200 valence electrons. The molecule has 0 spiro atoms. The first kappa shape index (κ1) is 28.1. The Hall–Kier alpha value is -3.44. The Bertz CT molecular complexity index is 1220. The van der Waals surface area contributed by atoms with E-state index in [1.165, 1.54) is 0 Å². The van der Waals surface area contributed by atoms with Crippen LogP contribution in [0.4, 0.5) is 43.9 Å². The molecule has 0 saturated carbocycles. The van der Waals surface area contributed by atoms with Crippen molar-refractivity contribution >= 4 is 0 Å². The molecule has 0 aliphatic carbocycles. The third-order valence-electron chi connectivity index (χ3n) is 5.10. The van der Waals surface area contributed by atoms with Crippen LogP contribution in [0.3, 0.4) is 0 Å². The van der Waals surface area contributed by atoms with Crippen LogP contribution in [0, 0.1) is 29.1 Å².